The third-order valence-corrected chi connectivity index (χ3v) is 8.94. The van der Waals surface area contributed by atoms with E-state index in [2.05, 4.69) is 74.3 Å². The number of nitrogens with zero attached hydrogens (tertiary/aromatic N) is 2. The van der Waals surface area contributed by atoms with Gasteiger partial charge in [0.25, 0.3) is 0 Å². The van der Waals surface area contributed by atoms with Crippen LogP contribution in [0.3, 0.4) is 0 Å². The van der Waals surface area contributed by atoms with Gasteiger partial charge in [0.15, 0.2) is 0 Å². The van der Waals surface area contributed by atoms with Gasteiger partial charge < -0.3 is 9.47 Å². The Labute approximate surface area is 282 Å². The maximum atomic E-state index is 12.1. The molecule has 4 aromatic carbocycles. The van der Waals surface area contributed by atoms with Crippen LogP contribution in [0.2, 0.25) is 0 Å². The first-order valence-corrected chi connectivity index (χ1v) is 15.0. The molecule has 0 amide bonds. The van der Waals surface area contributed by atoms with Crippen molar-refractivity contribution in [3.8, 4) is 0 Å². The molecule has 0 saturated heterocycles. The minimum absolute atomic E-state index is 0. The number of fused-ring (bicyclic) bond motifs is 6. The molecule has 0 N–H and O–H groups in total. The van der Waals surface area contributed by atoms with Gasteiger partial charge in [-0.25, -0.2) is 0 Å². The Morgan fingerprint density at radius 1 is 0.659 bits per heavy atom. The monoisotopic (exact) mass is 599 g/mol. The van der Waals surface area contributed by atoms with Crippen LogP contribution < -0.4 is 29.6 Å². The van der Waals surface area contributed by atoms with E-state index in [9.17, 15) is 9.59 Å². The fourth-order valence-corrected chi connectivity index (χ4v) is 6.45. The number of rotatable bonds is 6. The van der Waals surface area contributed by atoms with Crippen LogP contribution in [0.25, 0.3) is 21.5 Å². The van der Waals surface area contributed by atoms with Crippen LogP contribution in [-0.4, -0.2) is 36.6 Å². The van der Waals surface area contributed by atoms with Crippen molar-refractivity contribution in [3.63, 3.8) is 0 Å². The van der Waals surface area contributed by atoms with E-state index in [1.807, 2.05) is 45.9 Å². The van der Waals surface area contributed by atoms with Gasteiger partial charge in [0, 0.05) is 22.3 Å². The SMILES string of the molecule is CCOC(=O)CC1(C)C(C)=Nc2ccc3cc(C)ccc3c21.CCOC(=O)CC1(C)C(C)=Nc2ccc3ccccc3c21.[Na+]. The van der Waals surface area contributed by atoms with Crippen molar-refractivity contribution in [1.29, 1.82) is 0 Å². The van der Waals surface area contributed by atoms with Gasteiger partial charge in [0.2, 0.25) is 0 Å². The van der Waals surface area contributed by atoms with Crippen molar-refractivity contribution in [2.45, 2.75) is 72.1 Å². The maximum absolute atomic E-state index is 12.1. The summed E-state index contributed by atoms with van der Waals surface area (Å²) >= 11 is 0. The summed E-state index contributed by atoms with van der Waals surface area (Å²) < 4.78 is 10.3. The molecule has 2 unspecified atom stereocenters. The average Bonchev–Trinajstić information content (AvgIpc) is 3.37. The zero-order chi connectivity index (χ0) is 30.9. The molecule has 6 rings (SSSR count). The van der Waals surface area contributed by atoms with E-state index in [-0.39, 0.29) is 46.9 Å². The van der Waals surface area contributed by atoms with E-state index < -0.39 is 5.41 Å². The van der Waals surface area contributed by atoms with Crippen LogP contribution in [-0.2, 0) is 29.9 Å². The minimum Gasteiger partial charge on any atom is -0.466 e. The number of benzene rings is 4. The van der Waals surface area contributed by atoms with E-state index in [0.29, 0.717) is 26.1 Å². The molecule has 222 valence electrons. The van der Waals surface area contributed by atoms with Gasteiger partial charge in [-0.05, 0) is 93.3 Å². The van der Waals surface area contributed by atoms with Gasteiger partial charge in [-0.2, -0.15) is 0 Å². The summed E-state index contributed by atoms with van der Waals surface area (Å²) in [5.74, 6) is -0.341. The van der Waals surface area contributed by atoms with Crippen molar-refractivity contribution >= 4 is 56.3 Å². The number of hydrogen-bond donors (Lipinski definition) is 0. The molecule has 2 aliphatic rings. The first kappa shape index (κ1) is 33.6. The molecule has 2 atom stereocenters. The predicted molar refractivity (Wildman–Crippen MR) is 175 cm³/mol. The second-order valence-corrected chi connectivity index (χ2v) is 11.9. The molecule has 4 aromatic rings. The molecule has 0 aliphatic carbocycles. The number of carbonyl (C=O) groups excluding carboxylic acids is 2. The summed E-state index contributed by atoms with van der Waals surface area (Å²) in [4.78, 5) is 33.5. The quantitative estimate of drug-likeness (QED) is 0.213. The molecular weight excluding hydrogens is 559 g/mol. The standard InChI is InChI=1S/C19H21NO2.C18H19NO2.Na/c1-5-22-17(21)11-19(4)13(3)20-16-9-7-14-10-12(2)6-8-15(14)18(16)19;1-4-21-16(20)11-18(3)12(2)19-15-10-9-13-7-5-6-8-14(13)17(15)18;/h6-10H,5,11H2,1-4H3;5-10H,4,11H2,1-3H3;/q;;+1. The summed E-state index contributed by atoms with van der Waals surface area (Å²) in [5, 5.41) is 4.72. The van der Waals surface area contributed by atoms with Gasteiger partial charge in [0.05, 0.1) is 37.4 Å². The number of aliphatic imine (C=N–C) groups is 2. The topological polar surface area (TPSA) is 77.3 Å². The molecule has 0 radical (unpaired) electrons. The van der Waals surface area contributed by atoms with Gasteiger partial charge in [0.1, 0.15) is 0 Å². The number of carbonyl (C=O) groups is 2. The molecule has 0 spiro atoms. The van der Waals surface area contributed by atoms with E-state index >= 15 is 0 Å². The van der Waals surface area contributed by atoms with Crippen LogP contribution >= 0.6 is 0 Å². The second-order valence-electron chi connectivity index (χ2n) is 11.9. The largest absolute Gasteiger partial charge is 1.00 e. The summed E-state index contributed by atoms with van der Waals surface area (Å²) in [7, 11) is 0. The van der Waals surface area contributed by atoms with Crippen molar-refractivity contribution in [2.24, 2.45) is 9.98 Å². The van der Waals surface area contributed by atoms with Crippen molar-refractivity contribution < 1.29 is 48.6 Å². The number of aryl methyl sites for hydroxylation is 1. The van der Waals surface area contributed by atoms with Gasteiger partial charge >= 0.3 is 41.5 Å². The first-order valence-electron chi connectivity index (χ1n) is 15.0. The number of ether oxygens (including phenoxy) is 2. The first-order chi connectivity index (χ1) is 20.5. The van der Waals surface area contributed by atoms with Gasteiger partial charge in [-0.1, -0.05) is 60.2 Å². The van der Waals surface area contributed by atoms with E-state index in [1.165, 1.54) is 27.1 Å². The summed E-state index contributed by atoms with van der Waals surface area (Å²) in [6.45, 7) is 14.7. The molecule has 7 heteroatoms. The van der Waals surface area contributed by atoms with Crippen LogP contribution in [0.5, 0.6) is 0 Å². The number of hydrogen-bond acceptors (Lipinski definition) is 6. The van der Waals surface area contributed by atoms with E-state index in [0.717, 1.165) is 33.9 Å². The Morgan fingerprint density at radius 2 is 1.14 bits per heavy atom. The Bertz CT molecular complexity index is 1810. The van der Waals surface area contributed by atoms with Crippen LogP contribution in [0.15, 0.2) is 76.7 Å². The Kier molecular flexibility index (Phi) is 10.2. The zero-order valence-electron chi connectivity index (χ0n) is 27.2. The van der Waals surface area contributed by atoms with Crippen LogP contribution in [0.4, 0.5) is 11.4 Å². The second kappa shape index (κ2) is 13.4. The predicted octanol–water partition coefficient (Wildman–Crippen LogP) is 5.63. The third kappa shape index (κ3) is 6.13. The van der Waals surface area contributed by atoms with Crippen molar-refractivity contribution in [3.05, 3.63) is 83.4 Å². The van der Waals surface area contributed by atoms with Crippen LogP contribution in [0, 0.1) is 6.92 Å². The Balaban J connectivity index is 0.000000197. The number of esters is 2. The molecule has 2 heterocycles. The smallest absolute Gasteiger partial charge is 0.466 e. The summed E-state index contributed by atoms with van der Waals surface area (Å²) in [5.41, 5.74) is 6.64. The fourth-order valence-electron chi connectivity index (χ4n) is 6.45. The molecule has 0 aromatic heterocycles. The molecule has 0 bridgehead atoms. The van der Waals surface area contributed by atoms with Gasteiger partial charge in [-0.15, -0.1) is 0 Å². The molecule has 2 aliphatic heterocycles. The van der Waals surface area contributed by atoms with Crippen LogP contribution in [0.1, 0.15) is 71.1 Å². The zero-order valence-corrected chi connectivity index (χ0v) is 29.2. The van der Waals surface area contributed by atoms with Gasteiger partial charge in [-0.3, -0.25) is 19.6 Å². The summed E-state index contributed by atoms with van der Waals surface area (Å²) in [6.07, 6.45) is 0.660. The Morgan fingerprint density at radius 3 is 1.66 bits per heavy atom. The molecule has 0 fully saturated rings. The Hall–Kier alpha value is -3.32. The van der Waals surface area contributed by atoms with Crippen molar-refractivity contribution in [2.75, 3.05) is 13.2 Å². The normalized spacial score (nSPS) is 19.6. The molecular formula is C37H40N2NaO4+. The van der Waals surface area contributed by atoms with E-state index in [4.69, 9.17) is 14.5 Å². The van der Waals surface area contributed by atoms with Crippen molar-refractivity contribution in [1.82, 2.24) is 0 Å². The summed E-state index contributed by atoms with van der Waals surface area (Å²) in [6, 6.07) is 23.0. The maximum Gasteiger partial charge on any atom is 1.00 e. The molecule has 44 heavy (non-hydrogen) atoms. The minimum atomic E-state index is -0.393. The third-order valence-electron chi connectivity index (χ3n) is 8.94. The average molecular weight is 600 g/mol. The van der Waals surface area contributed by atoms with E-state index in [1.54, 1.807) is 0 Å². The molecule has 6 nitrogen and oxygen atoms in total. The fraction of sp³-hybridized carbons (Fsp3) is 0.351. The molecule has 0 saturated carbocycles.